The lowest BCUT2D eigenvalue weighted by Gasteiger charge is -2.31. The number of nitrogens with one attached hydrogen (secondary N) is 1. The van der Waals surface area contributed by atoms with Crippen LogP contribution in [-0.2, 0) is 16.1 Å². The van der Waals surface area contributed by atoms with Crippen molar-refractivity contribution in [2.75, 3.05) is 6.54 Å². The minimum Gasteiger partial charge on any atom is -0.342 e. The van der Waals surface area contributed by atoms with Gasteiger partial charge in [0.2, 0.25) is 11.8 Å². The van der Waals surface area contributed by atoms with Crippen LogP contribution < -0.4 is 5.32 Å². The second-order valence-electron chi connectivity index (χ2n) is 5.42. The number of hydrogen-bond acceptors (Lipinski definition) is 2. The van der Waals surface area contributed by atoms with Crippen molar-refractivity contribution in [3.8, 4) is 0 Å². The molecule has 21 heavy (non-hydrogen) atoms. The zero-order chi connectivity index (χ0) is 15.6. The SMILES string of the molecule is CCC1(C)NC(=O)CCN(Cc2cccc(Cl)c2F)C1=O. The average molecular weight is 313 g/mol. The fourth-order valence-corrected chi connectivity index (χ4v) is 2.57. The molecule has 2 rings (SSSR count). The molecule has 0 aliphatic carbocycles. The van der Waals surface area contributed by atoms with E-state index in [2.05, 4.69) is 5.32 Å². The molecule has 1 N–H and O–H groups in total. The van der Waals surface area contributed by atoms with E-state index in [0.717, 1.165) is 0 Å². The molecule has 1 fully saturated rings. The maximum Gasteiger partial charge on any atom is 0.248 e. The lowest BCUT2D eigenvalue weighted by Crippen LogP contribution is -2.54. The van der Waals surface area contributed by atoms with E-state index in [1.165, 1.54) is 11.0 Å². The molecular weight excluding hydrogens is 295 g/mol. The second-order valence-corrected chi connectivity index (χ2v) is 5.83. The summed E-state index contributed by atoms with van der Waals surface area (Å²) < 4.78 is 14.0. The normalized spacial score (nSPS) is 23.0. The van der Waals surface area contributed by atoms with Gasteiger partial charge in [-0.2, -0.15) is 0 Å². The predicted molar refractivity (Wildman–Crippen MR) is 78.3 cm³/mol. The first-order chi connectivity index (χ1) is 9.87. The Morgan fingerprint density at radius 1 is 1.43 bits per heavy atom. The van der Waals surface area contributed by atoms with Gasteiger partial charge in [-0.3, -0.25) is 9.59 Å². The van der Waals surface area contributed by atoms with E-state index in [4.69, 9.17) is 11.6 Å². The van der Waals surface area contributed by atoms with Crippen molar-refractivity contribution in [3.63, 3.8) is 0 Å². The number of benzene rings is 1. The first kappa shape index (κ1) is 15.8. The summed E-state index contributed by atoms with van der Waals surface area (Å²) in [6.07, 6.45) is 0.690. The van der Waals surface area contributed by atoms with Gasteiger partial charge >= 0.3 is 0 Å². The summed E-state index contributed by atoms with van der Waals surface area (Å²) in [5.74, 6) is -0.884. The highest BCUT2D eigenvalue weighted by atomic mass is 35.5. The van der Waals surface area contributed by atoms with Crippen molar-refractivity contribution in [2.45, 2.75) is 38.8 Å². The molecule has 1 aliphatic heterocycles. The number of rotatable bonds is 3. The van der Waals surface area contributed by atoms with Crippen molar-refractivity contribution < 1.29 is 14.0 Å². The molecule has 1 saturated heterocycles. The fourth-order valence-electron chi connectivity index (χ4n) is 2.38. The Bertz CT molecular complexity index is 579. The van der Waals surface area contributed by atoms with Gasteiger partial charge in [0.05, 0.1) is 5.02 Å². The molecule has 1 heterocycles. The van der Waals surface area contributed by atoms with Crippen LogP contribution in [0.15, 0.2) is 18.2 Å². The van der Waals surface area contributed by atoms with Gasteiger partial charge in [-0.15, -0.1) is 0 Å². The van der Waals surface area contributed by atoms with Crippen molar-refractivity contribution in [3.05, 3.63) is 34.6 Å². The van der Waals surface area contributed by atoms with Crippen molar-refractivity contribution in [1.29, 1.82) is 0 Å². The topological polar surface area (TPSA) is 49.4 Å². The zero-order valence-electron chi connectivity index (χ0n) is 12.1. The van der Waals surface area contributed by atoms with Gasteiger partial charge in [-0.1, -0.05) is 30.7 Å². The molecule has 1 aliphatic rings. The second kappa shape index (κ2) is 6.02. The summed E-state index contributed by atoms with van der Waals surface area (Å²) in [7, 11) is 0. The minimum absolute atomic E-state index is 0.0298. The van der Waals surface area contributed by atoms with Gasteiger partial charge in [-0.25, -0.2) is 4.39 Å². The highest BCUT2D eigenvalue weighted by Gasteiger charge is 2.39. The Morgan fingerprint density at radius 2 is 2.14 bits per heavy atom. The molecule has 0 saturated carbocycles. The molecule has 0 radical (unpaired) electrons. The Labute approximate surface area is 128 Å². The van der Waals surface area contributed by atoms with Gasteiger partial charge in [0.15, 0.2) is 0 Å². The van der Waals surface area contributed by atoms with E-state index in [1.807, 2.05) is 6.92 Å². The maximum atomic E-state index is 14.0. The first-order valence-electron chi connectivity index (χ1n) is 6.90. The highest BCUT2D eigenvalue weighted by molar-refractivity contribution is 6.30. The quantitative estimate of drug-likeness (QED) is 0.932. The molecular formula is C15H18ClFN2O2. The number of nitrogens with zero attached hydrogens (tertiary/aromatic N) is 1. The summed E-state index contributed by atoms with van der Waals surface area (Å²) in [5, 5.41) is 2.78. The zero-order valence-corrected chi connectivity index (χ0v) is 12.8. The van der Waals surface area contributed by atoms with Crippen LogP contribution in [0.4, 0.5) is 4.39 Å². The van der Waals surface area contributed by atoms with E-state index < -0.39 is 11.4 Å². The van der Waals surface area contributed by atoms with Gasteiger partial charge in [-0.05, 0) is 19.4 Å². The third-order valence-electron chi connectivity index (χ3n) is 3.88. The molecule has 0 spiro atoms. The molecule has 1 aromatic carbocycles. The standard InChI is InChI=1S/C15H18ClFN2O2/c1-3-15(2)14(21)19(8-7-12(20)18-15)9-10-5-4-6-11(16)13(10)17/h4-6H,3,7-9H2,1-2H3,(H,18,20). The number of carbonyl (C=O) groups is 2. The average Bonchev–Trinajstić information content (AvgIpc) is 2.56. The molecule has 1 unspecified atom stereocenters. The predicted octanol–water partition coefficient (Wildman–Crippen LogP) is 2.50. The lowest BCUT2D eigenvalue weighted by molar-refractivity contribution is -0.138. The summed E-state index contributed by atoms with van der Waals surface area (Å²) in [4.78, 5) is 25.8. The first-order valence-corrected chi connectivity index (χ1v) is 7.28. The van der Waals surface area contributed by atoms with Crippen LogP contribution in [0.1, 0.15) is 32.3 Å². The lowest BCUT2D eigenvalue weighted by atomic mass is 9.97. The van der Waals surface area contributed by atoms with Crippen LogP contribution in [0, 0.1) is 5.82 Å². The number of halogens is 2. The molecule has 6 heteroatoms. The Morgan fingerprint density at radius 3 is 2.81 bits per heavy atom. The van der Waals surface area contributed by atoms with E-state index in [0.29, 0.717) is 12.0 Å². The van der Waals surface area contributed by atoms with Crippen LogP contribution >= 0.6 is 11.6 Å². The molecule has 114 valence electrons. The molecule has 4 nitrogen and oxygen atoms in total. The number of carbonyl (C=O) groups excluding carboxylic acids is 2. The Kier molecular flexibility index (Phi) is 4.52. The molecule has 1 atom stereocenters. The Balaban J connectivity index is 2.28. The largest absolute Gasteiger partial charge is 0.342 e. The Hall–Kier alpha value is -1.62. The minimum atomic E-state index is -0.942. The molecule has 0 aromatic heterocycles. The summed E-state index contributed by atoms with van der Waals surface area (Å²) >= 11 is 5.76. The smallest absolute Gasteiger partial charge is 0.248 e. The molecule has 0 bridgehead atoms. The van der Waals surface area contributed by atoms with Crippen LogP contribution in [0.25, 0.3) is 0 Å². The third kappa shape index (κ3) is 3.18. The number of amides is 2. The van der Waals surface area contributed by atoms with Gasteiger partial charge in [0.1, 0.15) is 11.4 Å². The van der Waals surface area contributed by atoms with Crippen LogP contribution in [0.3, 0.4) is 0 Å². The van der Waals surface area contributed by atoms with Gasteiger partial charge in [0, 0.05) is 25.1 Å². The van der Waals surface area contributed by atoms with Crippen molar-refractivity contribution in [2.24, 2.45) is 0 Å². The summed E-state index contributed by atoms with van der Waals surface area (Å²) in [6, 6.07) is 4.70. The van der Waals surface area contributed by atoms with Crippen molar-refractivity contribution >= 4 is 23.4 Å². The summed E-state index contributed by atoms with van der Waals surface area (Å²) in [6.45, 7) is 3.91. The van der Waals surface area contributed by atoms with Crippen LogP contribution in [0.2, 0.25) is 5.02 Å². The maximum absolute atomic E-state index is 14.0. The summed E-state index contributed by atoms with van der Waals surface area (Å²) in [5.41, 5.74) is -0.591. The van der Waals surface area contributed by atoms with Gasteiger partial charge in [0.25, 0.3) is 0 Å². The molecule has 2 amide bonds. The molecule has 1 aromatic rings. The third-order valence-corrected chi connectivity index (χ3v) is 4.18. The number of hydrogen-bond donors (Lipinski definition) is 1. The monoisotopic (exact) mass is 312 g/mol. The van der Waals surface area contributed by atoms with E-state index in [-0.39, 0.29) is 36.3 Å². The van der Waals surface area contributed by atoms with Gasteiger partial charge < -0.3 is 10.2 Å². The van der Waals surface area contributed by atoms with E-state index >= 15 is 0 Å². The highest BCUT2D eigenvalue weighted by Crippen LogP contribution is 2.23. The van der Waals surface area contributed by atoms with E-state index in [1.54, 1.807) is 19.1 Å². The fraction of sp³-hybridized carbons (Fsp3) is 0.467. The van der Waals surface area contributed by atoms with Crippen LogP contribution in [0.5, 0.6) is 0 Å². The van der Waals surface area contributed by atoms with E-state index in [9.17, 15) is 14.0 Å². The van der Waals surface area contributed by atoms with Crippen molar-refractivity contribution in [1.82, 2.24) is 10.2 Å². The van der Waals surface area contributed by atoms with Crippen LogP contribution in [-0.4, -0.2) is 28.8 Å².